The van der Waals surface area contributed by atoms with Crippen LogP contribution in [0.5, 0.6) is 0 Å². The summed E-state index contributed by atoms with van der Waals surface area (Å²) in [5.41, 5.74) is 2.18. The van der Waals surface area contributed by atoms with E-state index in [1.807, 2.05) is 42.5 Å². The van der Waals surface area contributed by atoms with Crippen molar-refractivity contribution >= 4 is 22.9 Å². The van der Waals surface area contributed by atoms with Crippen molar-refractivity contribution in [1.82, 2.24) is 9.97 Å². The lowest BCUT2D eigenvalue weighted by Gasteiger charge is -2.31. The predicted octanol–water partition coefficient (Wildman–Crippen LogP) is 5.98. The highest BCUT2D eigenvalue weighted by molar-refractivity contribution is 5.69. The van der Waals surface area contributed by atoms with E-state index in [4.69, 9.17) is 0 Å². The second-order valence-electron chi connectivity index (χ2n) is 8.19. The maximum Gasteiger partial charge on any atom is 0.423 e. The number of anilines is 3. The van der Waals surface area contributed by atoms with E-state index >= 15 is 0 Å². The van der Waals surface area contributed by atoms with E-state index in [1.165, 1.54) is 12.4 Å². The highest BCUT2D eigenvalue weighted by Gasteiger charge is 2.39. The molecule has 2 heterocycles. The van der Waals surface area contributed by atoms with Gasteiger partial charge in [-0.25, -0.2) is 9.97 Å². The second-order valence-corrected chi connectivity index (χ2v) is 8.19. The molecule has 1 aliphatic heterocycles. The third kappa shape index (κ3) is 4.63. The van der Waals surface area contributed by atoms with Crippen LogP contribution in [0.1, 0.15) is 16.8 Å². The van der Waals surface area contributed by atoms with Crippen LogP contribution in [0, 0.1) is 22.2 Å². The van der Waals surface area contributed by atoms with Crippen LogP contribution in [0.25, 0.3) is 11.1 Å². The van der Waals surface area contributed by atoms with Gasteiger partial charge in [-0.3, -0.25) is 10.1 Å². The number of hydrogen-bond acceptors (Lipinski definition) is 6. The molecule has 7 nitrogen and oxygen atoms in total. The molecule has 180 valence electrons. The molecular weight excluding hydrogens is 471 g/mol. The summed E-state index contributed by atoms with van der Waals surface area (Å²) < 4.78 is 40.3. The van der Waals surface area contributed by atoms with Gasteiger partial charge in [-0.2, -0.15) is 13.2 Å². The minimum absolute atomic E-state index is 0.238. The predicted molar refractivity (Wildman–Crippen MR) is 128 cm³/mol. The van der Waals surface area contributed by atoms with Crippen LogP contribution >= 0.6 is 0 Å². The van der Waals surface area contributed by atoms with E-state index in [0.717, 1.165) is 28.8 Å². The molecule has 0 unspecified atom stereocenters. The van der Waals surface area contributed by atoms with E-state index in [-0.39, 0.29) is 12.2 Å². The van der Waals surface area contributed by atoms with Gasteiger partial charge < -0.3 is 10.2 Å². The fourth-order valence-corrected chi connectivity index (χ4v) is 4.21. The van der Waals surface area contributed by atoms with Gasteiger partial charge in [-0.1, -0.05) is 36.4 Å². The Bertz CT molecular complexity index is 1430. The van der Waals surface area contributed by atoms with E-state index < -0.39 is 22.4 Å². The van der Waals surface area contributed by atoms with Gasteiger partial charge in [0.15, 0.2) is 0 Å². The zero-order chi connectivity index (χ0) is 25.3. The first kappa shape index (κ1) is 23.1. The molecule has 0 bridgehead atoms. The van der Waals surface area contributed by atoms with Crippen molar-refractivity contribution in [2.45, 2.75) is 19.1 Å². The van der Waals surface area contributed by atoms with E-state index in [0.29, 0.717) is 30.2 Å². The van der Waals surface area contributed by atoms with E-state index in [9.17, 15) is 23.3 Å². The smallest absolute Gasteiger partial charge is 0.365 e. The van der Waals surface area contributed by atoms with Crippen LogP contribution in [-0.2, 0) is 19.1 Å². The fourth-order valence-electron chi connectivity index (χ4n) is 4.21. The number of nitro benzene ring substituents is 1. The third-order valence-corrected chi connectivity index (χ3v) is 5.95. The molecule has 5 rings (SSSR count). The Morgan fingerprint density at radius 1 is 1.06 bits per heavy atom. The number of alkyl halides is 3. The van der Waals surface area contributed by atoms with Crippen molar-refractivity contribution < 1.29 is 18.1 Å². The number of halogens is 3. The number of hydrogen-bond donors (Lipinski definition) is 1. The molecule has 3 aromatic carbocycles. The largest absolute Gasteiger partial charge is 0.423 e. The van der Waals surface area contributed by atoms with Gasteiger partial charge >= 0.3 is 6.18 Å². The summed E-state index contributed by atoms with van der Waals surface area (Å²) in [6.07, 6.45) is -2.97. The van der Waals surface area contributed by atoms with Gasteiger partial charge in [0.25, 0.3) is 5.69 Å². The van der Waals surface area contributed by atoms with Crippen molar-refractivity contribution in [3.63, 3.8) is 0 Å². The van der Waals surface area contributed by atoms with E-state index in [2.05, 4.69) is 27.4 Å². The number of aromatic nitrogens is 2. The highest BCUT2D eigenvalue weighted by Crippen LogP contribution is 2.39. The average molecular weight is 489 g/mol. The third-order valence-electron chi connectivity index (χ3n) is 5.95. The molecule has 1 aromatic heterocycles. The topological polar surface area (TPSA) is 84.2 Å². The molecule has 1 aliphatic rings. The molecule has 0 radical (unpaired) electrons. The SMILES string of the molecule is O=[N+]([O-])c1ccc(N2CCc3c(ncnc3Nc3c#ccc(-c4ccccc4)c3)C2)cc1C(F)(F)F. The molecule has 36 heavy (non-hydrogen) atoms. The summed E-state index contributed by atoms with van der Waals surface area (Å²) in [4.78, 5) is 20.5. The Hall–Kier alpha value is -4.65. The second kappa shape index (κ2) is 9.19. The maximum absolute atomic E-state index is 13.4. The number of benzene rings is 2. The lowest BCUT2D eigenvalue weighted by atomic mass is 10.0. The molecule has 4 aromatic rings. The number of nitrogens with one attached hydrogen (secondary N) is 1. The lowest BCUT2D eigenvalue weighted by Crippen LogP contribution is -2.32. The Balaban J connectivity index is 1.40. The molecule has 0 saturated heterocycles. The number of rotatable bonds is 5. The summed E-state index contributed by atoms with van der Waals surface area (Å²) in [6.45, 7) is 0.631. The van der Waals surface area contributed by atoms with Crippen molar-refractivity contribution in [1.29, 1.82) is 0 Å². The van der Waals surface area contributed by atoms with Crippen LogP contribution in [0.2, 0.25) is 0 Å². The van der Waals surface area contributed by atoms with Crippen LogP contribution in [0.3, 0.4) is 0 Å². The number of fused-ring (bicyclic) bond motifs is 1. The Morgan fingerprint density at radius 2 is 1.86 bits per heavy atom. The summed E-state index contributed by atoms with van der Waals surface area (Å²) >= 11 is 0. The van der Waals surface area contributed by atoms with Gasteiger partial charge in [-0.15, -0.1) is 0 Å². The average Bonchev–Trinajstić information content (AvgIpc) is 2.88. The van der Waals surface area contributed by atoms with Gasteiger partial charge in [0.2, 0.25) is 0 Å². The molecule has 0 amide bonds. The van der Waals surface area contributed by atoms with Crippen LogP contribution in [0.15, 0.2) is 67.0 Å². The zero-order valence-electron chi connectivity index (χ0n) is 18.7. The van der Waals surface area contributed by atoms with Gasteiger partial charge in [0.1, 0.15) is 17.7 Å². The van der Waals surface area contributed by atoms with Crippen molar-refractivity contribution in [3.8, 4) is 11.1 Å². The number of nitrogens with zero attached hydrogens (tertiary/aromatic N) is 4. The zero-order valence-corrected chi connectivity index (χ0v) is 18.7. The number of nitro groups is 1. The molecule has 0 atom stereocenters. The highest BCUT2D eigenvalue weighted by atomic mass is 19.4. The first-order valence-electron chi connectivity index (χ1n) is 11.0. The first-order valence-corrected chi connectivity index (χ1v) is 11.0. The standard InChI is InChI=1S/C26H18F3N5O2/c27-26(28,29)22-14-20(9-10-24(22)34(35)36)33-12-11-21-23(15-33)30-16-31-25(21)32-19-8-4-7-18(13-19)17-5-2-1-3-6-17/h1-3,5-7,9-10,13-14,16H,11-12,15H2,(H,30,31,32). The Kier molecular flexibility index (Phi) is 5.90. The molecule has 0 spiro atoms. The van der Waals surface area contributed by atoms with Crippen LogP contribution in [-0.4, -0.2) is 21.4 Å². The van der Waals surface area contributed by atoms with Gasteiger partial charge in [0, 0.05) is 23.9 Å². The summed E-state index contributed by atoms with van der Waals surface area (Å²) in [5.74, 6) is 0.592. The quantitative estimate of drug-likeness (QED) is 0.274. The van der Waals surface area contributed by atoms with Gasteiger partial charge in [-0.05, 0) is 47.9 Å². The molecule has 1 N–H and O–H groups in total. The molecule has 10 heteroatoms. The minimum atomic E-state index is -4.84. The first-order chi connectivity index (χ1) is 17.3. The monoisotopic (exact) mass is 489 g/mol. The Labute approximate surface area is 204 Å². The van der Waals surface area contributed by atoms with E-state index in [1.54, 1.807) is 4.90 Å². The van der Waals surface area contributed by atoms with Crippen molar-refractivity contribution in [2.75, 3.05) is 16.8 Å². The minimum Gasteiger partial charge on any atom is -0.365 e. The Morgan fingerprint density at radius 3 is 2.61 bits per heavy atom. The van der Waals surface area contributed by atoms with Crippen LogP contribution in [0.4, 0.5) is 36.1 Å². The summed E-state index contributed by atoms with van der Waals surface area (Å²) in [5, 5.41) is 14.3. The van der Waals surface area contributed by atoms with Crippen LogP contribution < -0.4 is 10.2 Å². The summed E-state index contributed by atoms with van der Waals surface area (Å²) in [7, 11) is 0. The molecule has 0 aliphatic carbocycles. The molecule has 0 saturated carbocycles. The fraction of sp³-hybridized carbons (Fsp3) is 0.154. The molecule has 0 fully saturated rings. The normalized spacial score (nSPS) is 13.0. The van der Waals surface area contributed by atoms with Crippen molar-refractivity contribution in [3.05, 3.63) is 106 Å². The van der Waals surface area contributed by atoms with Gasteiger partial charge in [0.05, 0.1) is 22.8 Å². The lowest BCUT2D eigenvalue weighted by molar-refractivity contribution is -0.388. The van der Waals surface area contributed by atoms with Crippen molar-refractivity contribution in [2.24, 2.45) is 0 Å². The maximum atomic E-state index is 13.4. The summed E-state index contributed by atoms with van der Waals surface area (Å²) in [6, 6.07) is 22.7. The molecular formula is C26H18F3N5O2.